The van der Waals surface area contributed by atoms with Crippen molar-refractivity contribution < 1.29 is 13.2 Å². The van der Waals surface area contributed by atoms with Gasteiger partial charge in [0.25, 0.3) is 0 Å². The molecule has 1 amide bonds. The number of nitrogens with zero attached hydrogens (tertiary/aromatic N) is 1. The number of amides is 1. The number of rotatable bonds is 4. The zero-order valence-corrected chi connectivity index (χ0v) is 15.4. The van der Waals surface area contributed by atoms with Crippen LogP contribution in [0.1, 0.15) is 17.5 Å². The van der Waals surface area contributed by atoms with Gasteiger partial charge in [-0.2, -0.15) is 0 Å². The quantitative estimate of drug-likeness (QED) is 0.886. The summed E-state index contributed by atoms with van der Waals surface area (Å²) in [6, 6.07) is 12.4. The lowest BCUT2D eigenvalue weighted by molar-refractivity contribution is -0.115. The predicted molar refractivity (Wildman–Crippen MR) is 101 cm³/mol. The minimum Gasteiger partial charge on any atom is -0.326 e. The molecule has 0 atom stereocenters. The van der Waals surface area contributed by atoms with E-state index in [0.29, 0.717) is 29.4 Å². The van der Waals surface area contributed by atoms with E-state index in [9.17, 15) is 13.2 Å². The Bertz CT molecular complexity index is 895. The minimum atomic E-state index is -3.20. The molecule has 132 valence electrons. The number of hydrogen-bond acceptors (Lipinski definition) is 3. The fraction of sp³-hybridized carbons (Fsp3) is 0.278. The summed E-state index contributed by atoms with van der Waals surface area (Å²) in [6.07, 6.45) is 0.889. The van der Waals surface area contributed by atoms with E-state index in [-0.39, 0.29) is 18.1 Å². The maximum Gasteiger partial charge on any atom is 0.235 e. The maximum atomic E-state index is 12.2. The number of anilines is 2. The number of benzene rings is 2. The van der Waals surface area contributed by atoms with Crippen molar-refractivity contribution in [1.29, 1.82) is 0 Å². The highest BCUT2D eigenvalue weighted by Crippen LogP contribution is 2.28. The lowest BCUT2D eigenvalue weighted by Crippen LogP contribution is -2.25. The first-order chi connectivity index (χ1) is 11.8. The van der Waals surface area contributed by atoms with E-state index in [0.717, 1.165) is 11.1 Å². The second-order valence-corrected chi connectivity index (χ2v) is 8.54. The summed E-state index contributed by atoms with van der Waals surface area (Å²) in [6.45, 7) is 2.36. The summed E-state index contributed by atoms with van der Waals surface area (Å²) in [4.78, 5) is 12.2. The van der Waals surface area contributed by atoms with Gasteiger partial charge < -0.3 is 5.32 Å². The van der Waals surface area contributed by atoms with Crippen molar-refractivity contribution in [3.05, 3.63) is 58.6 Å². The van der Waals surface area contributed by atoms with Crippen molar-refractivity contribution in [3.8, 4) is 0 Å². The van der Waals surface area contributed by atoms with Crippen molar-refractivity contribution in [2.75, 3.05) is 21.9 Å². The molecule has 1 fully saturated rings. The molecule has 1 aliphatic rings. The highest BCUT2D eigenvalue weighted by Gasteiger charge is 2.28. The van der Waals surface area contributed by atoms with Gasteiger partial charge in [-0.15, -0.1) is 0 Å². The molecule has 1 heterocycles. The Balaban J connectivity index is 1.71. The molecule has 1 N–H and O–H groups in total. The summed E-state index contributed by atoms with van der Waals surface area (Å²) in [5.41, 5.74) is 3.02. The molecular formula is C18H19ClN2O3S. The van der Waals surface area contributed by atoms with Crippen LogP contribution in [0.25, 0.3) is 0 Å². The molecule has 0 aliphatic carbocycles. The summed E-state index contributed by atoms with van der Waals surface area (Å²) >= 11 is 5.84. The van der Waals surface area contributed by atoms with Crippen LogP contribution >= 0.6 is 11.6 Å². The molecule has 0 saturated carbocycles. The van der Waals surface area contributed by atoms with Crippen molar-refractivity contribution in [1.82, 2.24) is 0 Å². The number of carbonyl (C=O) groups excluding carboxylic acids is 1. The Kier molecular flexibility index (Phi) is 5.01. The van der Waals surface area contributed by atoms with Crippen LogP contribution in [0.2, 0.25) is 5.02 Å². The third kappa shape index (κ3) is 4.14. The topological polar surface area (TPSA) is 66.5 Å². The largest absolute Gasteiger partial charge is 0.326 e. The maximum absolute atomic E-state index is 12.2. The van der Waals surface area contributed by atoms with Gasteiger partial charge in [-0.3, -0.25) is 9.10 Å². The van der Waals surface area contributed by atoms with E-state index in [1.54, 1.807) is 30.3 Å². The van der Waals surface area contributed by atoms with Gasteiger partial charge in [0, 0.05) is 17.3 Å². The first-order valence-corrected chi connectivity index (χ1v) is 9.99. The Morgan fingerprint density at radius 1 is 1.20 bits per heavy atom. The van der Waals surface area contributed by atoms with Gasteiger partial charge >= 0.3 is 0 Å². The van der Waals surface area contributed by atoms with Gasteiger partial charge in [0.1, 0.15) is 0 Å². The fourth-order valence-corrected chi connectivity index (χ4v) is 4.54. The average Bonchev–Trinajstić information content (AvgIpc) is 2.91. The molecule has 5 nitrogen and oxygen atoms in total. The highest BCUT2D eigenvalue weighted by atomic mass is 35.5. The van der Waals surface area contributed by atoms with E-state index in [2.05, 4.69) is 5.32 Å². The second-order valence-electron chi connectivity index (χ2n) is 6.09. The molecular weight excluding hydrogens is 360 g/mol. The number of nitrogens with one attached hydrogen (secondary N) is 1. The van der Waals surface area contributed by atoms with Gasteiger partial charge in [-0.05, 0) is 54.8 Å². The molecule has 0 radical (unpaired) electrons. The minimum absolute atomic E-state index is 0.132. The zero-order valence-electron chi connectivity index (χ0n) is 13.8. The molecule has 2 aromatic carbocycles. The normalized spacial score (nSPS) is 16.0. The van der Waals surface area contributed by atoms with Crippen molar-refractivity contribution in [2.45, 2.75) is 19.8 Å². The van der Waals surface area contributed by atoms with E-state index >= 15 is 0 Å². The first-order valence-electron chi connectivity index (χ1n) is 8.00. The van der Waals surface area contributed by atoms with Crippen LogP contribution in [0.5, 0.6) is 0 Å². The third-order valence-corrected chi connectivity index (χ3v) is 6.27. The van der Waals surface area contributed by atoms with E-state index in [1.807, 2.05) is 19.1 Å². The Morgan fingerprint density at radius 2 is 1.92 bits per heavy atom. The number of sulfonamides is 1. The standard InChI is InChI=1S/C18H19ClN2O3S/c1-13-11-16(21-9-2-10-25(21,23)24)7-8-17(13)20-18(22)12-14-3-5-15(19)6-4-14/h3-8,11H,2,9-10,12H2,1H3,(H,20,22). The lowest BCUT2D eigenvalue weighted by atomic mass is 10.1. The van der Waals surface area contributed by atoms with E-state index in [4.69, 9.17) is 11.6 Å². The van der Waals surface area contributed by atoms with Crippen molar-refractivity contribution in [3.63, 3.8) is 0 Å². The molecule has 0 spiro atoms. The third-order valence-electron chi connectivity index (χ3n) is 4.15. The van der Waals surface area contributed by atoms with Crippen LogP contribution in [0.3, 0.4) is 0 Å². The first kappa shape index (κ1) is 17.8. The molecule has 3 rings (SSSR count). The predicted octanol–water partition coefficient (Wildman–Crippen LogP) is 3.37. The number of carbonyl (C=O) groups is 1. The summed E-state index contributed by atoms with van der Waals surface area (Å²) < 4.78 is 25.5. The molecule has 1 aliphatic heterocycles. The number of hydrogen-bond donors (Lipinski definition) is 1. The van der Waals surface area contributed by atoms with Crippen LogP contribution in [-0.4, -0.2) is 26.6 Å². The monoisotopic (exact) mass is 378 g/mol. The summed E-state index contributed by atoms with van der Waals surface area (Å²) in [5, 5.41) is 3.50. The van der Waals surface area contributed by atoms with E-state index < -0.39 is 10.0 Å². The fourth-order valence-electron chi connectivity index (χ4n) is 2.85. The Morgan fingerprint density at radius 3 is 2.52 bits per heavy atom. The molecule has 1 saturated heterocycles. The molecule has 0 bridgehead atoms. The molecule has 0 unspecified atom stereocenters. The van der Waals surface area contributed by atoms with Crippen LogP contribution < -0.4 is 9.62 Å². The lowest BCUT2D eigenvalue weighted by Gasteiger charge is -2.18. The van der Waals surface area contributed by atoms with Crippen LogP contribution in [0.15, 0.2) is 42.5 Å². The smallest absolute Gasteiger partial charge is 0.235 e. The number of aryl methyl sites for hydroxylation is 1. The zero-order chi connectivity index (χ0) is 18.0. The highest BCUT2D eigenvalue weighted by molar-refractivity contribution is 7.93. The van der Waals surface area contributed by atoms with Gasteiger partial charge in [-0.25, -0.2) is 8.42 Å². The Hall–Kier alpha value is -2.05. The summed E-state index contributed by atoms with van der Waals surface area (Å²) in [5.74, 6) is 0.0537. The number of halogens is 1. The van der Waals surface area contributed by atoms with Crippen molar-refractivity contribution >= 4 is 38.9 Å². The summed E-state index contributed by atoms with van der Waals surface area (Å²) in [7, 11) is -3.20. The van der Waals surface area contributed by atoms with Gasteiger partial charge in [0.2, 0.25) is 15.9 Å². The van der Waals surface area contributed by atoms with Crippen molar-refractivity contribution in [2.24, 2.45) is 0 Å². The van der Waals surface area contributed by atoms with Crippen LogP contribution in [-0.2, 0) is 21.2 Å². The van der Waals surface area contributed by atoms with E-state index in [1.165, 1.54) is 4.31 Å². The molecule has 25 heavy (non-hydrogen) atoms. The van der Waals surface area contributed by atoms with Gasteiger partial charge in [0.15, 0.2) is 0 Å². The van der Waals surface area contributed by atoms with Crippen LogP contribution in [0.4, 0.5) is 11.4 Å². The second kappa shape index (κ2) is 7.06. The SMILES string of the molecule is Cc1cc(N2CCCS2(=O)=O)ccc1NC(=O)Cc1ccc(Cl)cc1. The van der Waals surface area contributed by atoms with Crippen LogP contribution in [0, 0.1) is 6.92 Å². The average molecular weight is 379 g/mol. The molecule has 2 aromatic rings. The van der Waals surface area contributed by atoms with Gasteiger partial charge in [-0.1, -0.05) is 23.7 Å². The van der Waals surface area contributed by atoms with Gasteiger partial charge in [0.05, 0.1) is 17.9 Å². The molecule has 0 aromatic heterocycles. The molecule has 7 heteroatoms. The Labute approximate surface area is 152 Å².